The van der Waals surface area contributed by atoms with Crippen LogP contribution < -0.4 is 11.1 Å². The van der Waals surface area contributed by atoms with Crippen molar-refractivity contribution in [1.29, 1.82) is 0 Å². The molecule has 1 fully saturated rings. The van der Waals surface area contributed by atoms with Gasteiger partial charge in [0.1, 0.15) is 0 Å². The summed E-state index contributed by atoms with van der Waals surface area (Å²) in [5, 5.41) is 2.75. The van der Waals surface area contributed by atoms with Gasteiger partial charge in [0.2, 0.25) is 5.91 Å². The quantitative estimate of drug-likeness (QED) is 0.486. The van der Waals surface area contributed by atoms with Gasteiger partial charge in [0, 0.05) is 24.9 Å². The first kappa shape index (κ1) is 10.1. The van der Waals surface area contributed by atoms with E-state index in [1.165, 1.54) is 0 Å². The van der Waals surface area contributed by atoms with Crippen LogP contribution in [-0.4, -0.2) is 18.0 Å². The maximum Gasteiger partial charge on any atom is 0.221 e. The number of terminal acetylenes is 1. The average molecular weight is 180 g/mol. The minimum absolute atomic E-state index is 0.0254. The number of carbonyl (C=O) groups excluding carboxylic acids is 1. The summed E-state index contributed by atoms with van der Waals surface area (Å²) in [5.74, 6) is 2.49. The van der Waals surface area contributed by atoms with Crippen LogP contribution in [0.15, 0.2) is 0 Å². The van der Waals surface area contributed by atoms with Gasteiger partial charge in [-0.2, -0.15) is 0 Å². The predicted octanol–water partition coefficient (Wildman–Crippen LogP) is 0.397. The highest BCUT2D eigenvalue weighted by atomic mass is 16.1. The lowest BCUT2D eigenvalue weighted by molar-refractivity contribution is -0.122. The number of carbonyl (C=O) groups is 1. The zero-order valence-electron chi connectivity index (χ0n) is 7.81. The van der Waals surface area contributed by atoms with Crippen molar-refractivity contribution in [3.63, 3.8) is 0 Å². The monoisotopic (exact) mass is 180 g/mol. The van der Waals surface area contributed by atoms with E-state index < -0.39 is 0 Å². The molecule has 0 aromatic rings. The summed E-state index contributed by atoms with van der Waals surface area (Å²) in [6, 6.07) is 0. The van der Waals surface area contributed by atoms with Crippen LogP contribution in [0, 0.1) is 12.3 Å². The van der Waals surface area contributed by atoms with Gasteiger partial charge in [-0.05, 0) is 19.3 Å². The molecule has 1 saturated carbocycles. The molecule has 0 spiro atoms. The molecule has 3 N–H and O–H groups in total. The minimum atomic E-state index is -0.222. The summed E-state index contributed by atoms with van der Waals surface area (Å²) in [4.78, 5) is 11.3. The van der Waals surface area contributed by atoms with Gasteiger partial charge >= 0.3 is 0 Å². The lowest BCUT2D eigenvalue weighted by Crippen LogP contribution is -2.50. The summed E-state index contributed by atoms with van der Waals surface area (Å²) in [7, 11) is 0. The number of hydrogen-bond donors (Lipinski definition) is 2. The van der Waals surface area contributed by atoms with Crippen LogP contribution in [0.1, 0.15) is 32.1 Å². The average Bonchev–Trinajstić information content (AvgIpc) is 2.02. The van der Waals surface area contributed by atoms with Crippen LogP contribution >= 0.6 is 0 Å². The first-order valence-electron chi connectivity index (χ1n) is 4.65. The molecule has 3 nitrogen and oxygen atoms in total. The molecule has 0 saturated heterocycles. The van der Waals surface area contributed by atoms with Crippen molar-refractivity contribution in [3.05, 3.63) is 0 Å². The Labute approximate surface area is 79.1 Å². The zero-order valence-corrected chi connectivity index (χ0v) is 7.81. The van der Waals surface area contributed by atoms with Gasteiger partial charge in [-0.25, -0.2) is 0 Å². The molecule has 1 amide bonds. The smallest absolute Gasteiger partial charge is 0.221 e. The molecule has 0 atom stereocenters. The fourth-order valence-electron chi connectivity index (χ4n) is 1.46. The van der Waals surface area contributed by atoms with Gasteiger partial charge < -0.3 is 11.1 Å². The summed E-state index contributed by atoms with van der Waals surface area (Å²) in [6.07, 6.45) is 9.16. The first-order chi connectivity index (χ1) is 6.16. The maximum absolute atomic E-state index is 11.3. The van der Waals surface area contributed by atoms with Gasteiger partial charge in [-0.15, -0.1) is 12.3 Å². The SMILES string of the molecule is C#CCCNC(=O)CC1(N)CCC1. The molecule has 0 aliphatic heterocycles. The van der Waals surface area contributed by atoms with Gasteiger partial charge in [-0.3, -0.25) is 4.79 Å². The van der Waals surface area contributed by atoms with Crippen molar-refractivity contribution in [3.8, 4) is 12.3 Å². The van der Waals surface area contributed by atoms with Crippen molar-refractivity contribution in [2.75, 3.05) is 6.54 Å². The molecule has 3 heteroatoms. The van der Waals surface area contributed by atoms with E-state index in [1.54, 1.807) is 0 Å². The Bertz CT molecular complexity index is 226. The van der Waals surface area contributed by atoms with E-state index in [0.717, 1.165) is 19.3 Å². The highest BCUT2D eigenvalue weighted by Gasteiger charge is 2.34. The van der Waals surface area contributed by atoms with Gasteiger partial charge in [0.05, 0.1) is 0 Å². The lowest BCUT2D eigenvalue weighted by Gasteiger charge is -2.37. The van der Waals surface area contributed by atoms with E-state index in [-0.39, 0.29) is 11.4 Å². The Morgan fingerprint density at radius 3 is 2.77 bits per heavy atom. The van der Waals surface area contributed by atoms with Crippen LogP contribution in [-0.2, 0) is 4.79 Å². The topological polar surface area (TPSA) is 55.1 Å². The van der Waals surface area contributed by atoms with E-state index >= 15 is 0 Å². The molecule has 13 heavy (non-hydrogen) atoms. The van der Waals surface area contributed by atoms with E-state index in [0.29, 0.717) is 19.4 Å². The van der Waals surface area contributed by atoms with Crippen LogP contribution in [0.5, 0.6) is 0 Å². The third-order valence-electron chi connectivity index (χ3n) is 2.45. The van der Waals surface area contributed by atoms with Crippen LogP contribution in [0.2, 0.25) is 0 Å². The fourth-order valence-corrected chi connectivity index (χ4v) is 1.46. The molecule has 0 aromatic carbocycles. The van der Waals surface area contributed by atoms with Crippen molar-refractivity contribution in [2.45, 2.75) is 37.6 Å². The van der Waals surface area contributed by atoms with Crippen molar-refractivity contribution in [1.82, 2.24) is 5.32 Å². The first-order valence-corrected chi connectivity index (χ1v) is 4.65. The van der Waals surface area contributed by atoms with E-state index in [4.69, 9.17) is 12.2 Å². The highest BCUT2D eigenvalue weighted by Crippen LogP contribution is 2.31. The zero-order chi connectivity index (χ0) is 9.73. The van der Waals surface area contributed by atoms with Crippen molar-refractivity contribution in [2.24, 2.45) is 5.73 Å². The van der Waals surface area contributed by atoms with E-state index in [1.807, 2.05) is 0 Å². The highest BCUT2D eigenvalue weighted by molar-refractivity contribution is 5.77. The normalized spacial score (nSPS) is 18.5. The number of nitrogens with two attached hydrogens (primary N) is 1. The molecular weight excluding hydrogens is 164 g/mol. The summed E-state index contributed by atoms with van der Waals surface area (Å²) < 4.78 is 0. The largest absolute Gasteiger partial charge is 0.355 e. The standard InChI is InChI=1S/C10H16N2O/c1-2-3-7-12-9(13)8-10(11)5-4-6-10/h1H,3-8,11H2,(H,12,13). The van der Waals surface area contributed by atoms with E-state index in [2.05, 4.69) is 11.2 Å². The summed E-state index contributed by atoms with van der Waals surface area (Å²) in [5.41, 5.74) is 5.68. The predicted molar refractivity (Wildman–Crippen MR) is 51.8 cm³/mol. The Hall–Kier alpha value is -1.01. The summed E-state index contributed by atoms with van der Waals surface area (Å²) in [6.45, 7) is 0.561. The molecular formula is C10H16N2O. The Balaban J connectivity index is 2.14. The second-order valence-electron chi connectivity index (χ2n) is 3.70. The molecule has 0 aromatic heterocycles. The molecule has 1 aliphatic rings. The number of nitrogens with one attached hydrogen (secondary N) is 1. The number of rotatable bonds is 4. The molecule has 0 heterocycles. The molecule has 0 unspecified atom stereocenters. The second-order valence-corrected chi connectivity index (χ2v) is 3.70. The van der Waals surface area contributed by atoms with Gasteiger partial charge in [0.25, 0.3) is 0 Å². The van der Waals surface area contributed by atoms with Gasteiger partial charge in [-0.1, -0.05) is 0 Å². The lowest BCUT2D eigenvalue weighted by atomic mass is 9.75. The molecule has 1 rings (SSSR count). The van der Waals surface area contributed by atoms with Crippen LogP contribution in [0.4, 0.5) is 0 Å². The maximum atomic E-state index is 11.3. The van der Waals surface area contributed by atoms with Crippen molar-refractivity contribution >= 4 is 5.91 Å². The fraction of sp³-hybridized carbons (Fsp3) is 0.700. The Morgan fingerprint density at radius 1 is 1.62 bits per heavy atom. The molecule has 72 valence electrons. The van der Waals surface area contributed by atoms with Crippen molar-refractivity contribution < 1.29 is 4.79 Å². The number of amides is 1. The Kier molecular flexibility index (Phi) is 3.32. The summed E-state index contributed by atoms with van der Waals surface area (Å²) >= 11 is 0. The van der Waals surface area contributed by atoms with E-state index in [9.17, 15) is 4.79 Å². The third-order valence-corrected chi connectivity index (χ3v) is 2.45. The van der Waals surface area contributed by atoms with Crippen LogP contribution in [0.3, 0.4) is 0 Å². The number of hydrogen-bond acceptors (Lipinski definition) is 2. The van der Waals surface area contributed by atoms with Crippen LogP contribution in [0.25, 0.3) is 0 Å². The second kappa shape index (κ2) is 4.29. The Morgan fingerprint density at radius 2 is 2.31 bits per heavy atom. The molecule has 1 aliphatic carbocycles. The third kappa shape index (κ3) is 3.08. The molecule has 0 radical (unpaired) electrons. The van der Waals surface area contributed by atoms with Gasteiger partial charge in [0.15, 0.2) is 0 Å². The minimum Gasteiger partial charge on any atom is -0.355 e. The molecule has 0 bridgehead atoms.